The molecule has 0 aromatic rings. The quantitative estimate of drug-likeness (QED) is 0.524. The molecule has 3 heteroatoms. The van der Waals surface area contributed by atoms with Gasteiger partial charge in [0.1, 0.15) is 0 Å². The first-order chi connectivity index (χ1) is 7.91. The van der Waals surface area contributed by atoms with Gasteiger partial charge in [0.2, 0.25) is 5.91 Å². The summed E-state index contributed by atoms with van der Waals surface area (Å²) >= 11 is 0. The maximum atomic E-state index is 10.9. The Morgan fingerprint density at radius 2 is 2.12 bits per heavy atom. The molecule has 1 N–H and O–H groups in total. The Bertz CT molecular complexity index is 231. The van der Waals surface area contributed by atoms with Gasteiger partial charge in [-0.05, 0) is 24.3 Å². The summed E-state index contributed by atoms with van der Waals surface area (Å²) < 4.78 is 5.89. The molecular weight excluding hydrogens is 214 g/mol. The lowest BCUT2D eigenvalue weighted by Gasteiger charge is -2.30. The zero-order valence-corrected chi connectivity index (χ0v) is 11.7. The summed E-state index contributed by atoms with van der Waals surface area (Å²) in [4.78, 5) is 10.9. The van der Waals surface area contributed by atoms with Gasteiger partial charge < -0.3 is 10.1 Å². The highest BCUT2D eigenvalue weighted by Gasteiger charge is 2.24. The third kappa shape index (κ3) is 7.97. The van der Waals surface area contributed by atoms with E-state index in [9.17, 15) is 4.79 Å². The van der Waals surface area contributed by atoms with Crippen LogP contribution in [-0.2, 0) is 9.53 Å². The molecule has 1 atom stereocenters. The normalized spacial score (nSPS) is 13.2. The summed E-state index contributed by atoms with van der Waals surface area (Å²) in [6.45, 7) is 13.5. The van der Waals surface area contributed by atoms with E-state index in [1.54, 1.807) is 0 Å². The highest BCUT2D eigenvalue weighted by molar-refractivity contribution is 5.86. The minimum atomic E-state index is -0.120. The molecule has 0 radical (unpaired) electrons. The molecule has 100 valence electrons. The topological polar surface area (TPSA) is 38.3 Å². The third-order valence-corrected chi connectivity index (χ3v) is 2.64. The van der Waals surface area contributed by atoms with Crippen LogP contribution in [0.1, 0.15) is 47.0 Å². The number of carbonyl (C=O) groups is 1. The first-order valence-corrected chi connectivity index (χ1v) is 6.43. The number of rotatable bonds is 8. The third-order valence-electron chi connectivity index (χ3n) is 2.64. The highest BCUT2D eigenvalue weighted by atomic mass is 16.5. The summed E-state index contributed by atoms with van der Waals surface area (Å²) in [6, 6.07) is 0. The molecule has 0 spiro atoms. The highest BCUT2D eigenvalue weighted by Crippen LogP contribution is 2.25. The predicted octanol–water partition coefficient (Wildman–Crippen LogP) is 2.91. The molecule has 1 amide bonds. The lowest BCUT2D eigenvalue weighted by molar-refractivity contribution is -0.116. The van der Waals surface area contributed by atoms with Crippen LogP contribution in [0.4, 0.5) is 0 Å². The number of nitrogens with one attached hydrogen (secondary N) is 1. The fourth-order valence-electron chi connectivity index (χ4n) is 1.61. The molecule has 0 aromatic carbocycles. The molecule has 0 aliphatic carbocycles. The summed E-state index contributed by atoms with van der Waals surface area (Å²) in [5.41, 5.74) is 0.181. The lowest BCUT2D eigenvalue weighted by Crippen LogP contribution is -2.30. The monoisotopic (exact) mass is 241 g/mol. The van der Waals surface area contributed by atoms with Crippen LogP contribution in [0.25, 0.3) is 0 Å². The van der Waals surface area contributed by atoms with Crippen LogP contribution >= 0.6 is 0 Å². The molecular formula is C14H27NO2. The molecule has 3 nitrogen and oxygen atoms in total. The minimum Gasteiger partial charge on any atom is -0.378 e. The summed E-state index contributed by atoms with van der Waals surface area (Å²) in [6.07, 6.45) is 4.64. The van der Waals surface area contributed by atoms with Crippen LogP contribution in [0.2, 0.25) is 0 Å². The maximum absolute atomic E-state index is 10.9. The Morgan fingerprint density at radius 3 is 2.59 bits per heavy atom. The van der Waals surface area contributed by atoms with E-state index >= 15 is 0 Å². The lowest BCUT2D eigenvalue weighted by atomic mass is 9.86. The second-order valence-electron chi connectivity index (χ2n) is 5.36. The Balaban J connectivity index is 3.76. The average molecular weight is 241 g/mol. The van der Waals surface area contributed by atoms with E-state index in [4.69, 9.17) is 4.74 Å². The molecule has 0 heterocycles. The zero-order chi connectivity index (χ0) is 13.3. The van der Waals surface area contributed by atoms with Gasteiger partial charge in [-0.15, -0.1) is 0 Å². The van der Waals surface area contributed by atoms with Crippen LogP contribution in [0, 0.1) is 5.41 Å². The first kappa shape index (κ1) is 16.2. The van der Waals surface area contributed by atoms with Crippen LogP contribution < -0.4 is 5.32 Å². The Labute approximate surface area is 106 Å². The van der Waals surface area contributed by atoms with Crippen molar-refractivity contribution in [1.29, 1.82) is 0 Å². The van der Waals surface area contributed by atoms with Crippen molar-refractivity contribution in [2.75, 3.05) is 13.2 Å². The number of amides is 1. The van der Waals surface area contributed by atoms with Crippen molar-refractivity contribution in [3.05, 3.63) is 12.7 Å². The Morgan fingerprint density at radius 1 is 1.47 bits per heavy atom. The van der Waals surface area contributed by atoms with Gasteiger partial charge in [0.15, 0.2) is 0 Å². The van der Waals surface area contributed by atoms with Crippen LogP contribution in [0.3, 0.4) is 0 Å². The molecule has 0 aliphatic heterocycles. The molecule has 1 unspecified atom stereocenters. The van der Waals surface area contributed by atoms with Gasteiger partial charge in [-0.1, -0.05) is 40.7 Å². The van der Waals surface area contributed by atoms with Crippen molar-refractivity contribution in [3.63, 3.8) is 0 Å². The van der Waals surface area contributed by atoms with Gasteiger partial charge in [-0.25, -0.2) is 0 Å². The molecule has 0 saturated heterocycles. The largest absolute Gasteiger partial charge is 0.378 e. The second-order valence-corrected chi connectivity index (χ2v) is 5.36. The van der Waals surface area contributed by atoms with Crippen molar-refractivity contribution in [3.8, 4) is 0 Å². The minimum absolute atomic E-state index is 0.120. The second kappa shape index (κ2) is 8.29. The van der Waals surface area contributed by atoms with E-state index in [0.717, 1.165) is 19.3 Å². The molecule has 0 saturated carbocycles. The SMILES string of the molecule is C=CC(=O)NCCCOC(CCC)C(C)(C)C. The Kier molecular flexibility index (Phi) is 7.88. The molecule has 0 aliphatic rings. The zero-order valence-electron chi connectivity index (χ0n) is 11.7. The molecule has 0 fully saturated rings. The van der Waals surface area contributed by atoms with Gasteiger partial charge in [-0.3, -0.25) is 4.79 Å². The smallest absolute Gasteiger partial charge is 0.243 e. The predicted molar refractivity (Wildman–Crippen MR) is 71.9 cm³/mol. The van der Waals surface area contributed by atoms with Crippen molar-refractivity contribution in [2.24, 2.45) is 5.41 Å². The van der Waals surface area contributed by atoms with E-state index in [0.29, 0.717) is 19.3 Å². The molecule has 0 rings (SSSR count). The summed E-state index contributed by atoms with van der Waals surface area (Å²) in [7, 11) is 0. The standard InChI is InChI=1S/C14H27NO2/c1-6-9-12(14(3,4)5)17-11-8-10-15-13(16)7-2/h7,12H,2,6,8-11H2,1,3-5H3,(H,15,16). The fraction of sp³-hybridized carbons (Fsp3) is 0.786. The molecule has 17 heavy (non-hydrogen) atoms. The first-order valence-electron chi connectivity index (χ1n) is 6.43. The van der Waals surface area contributed by atoms with Crippen molar-refractivity contribution in [1.82, 2.24) is 5.32 Å². The van der Waals surface area contributed by atoms with Gasteiger partial charge in [0.25, 0.3) is 0 Å². The van der Waals surface area contributed by atoms with Gasteiger partial charge in [0.05, 0.1) is 6.10 Å². The van der Waals surface area contributed by atoms with E-state index in [-0.39, 0.29) is 11.3 Å². The number of hydrogen-bond donors (Lipinski definition) is 1. The van der Waals surface area contributed by atoms with Crippen molar-refractivity contribution < 1.29 is 9.53 Å². The summed E-state index contributed by atoms with van der Waals surface area (Å²) in [5.74, 6) is -0.120. The average Bonchev–Trinajstić information content (AvgIpc) is 2.25. The van der Waals surface area contributed by atoms with E-state index in [1.165, 1.54) is 6.08 Å². The molecule has 0 aromatic heterocycles. The Hall–Kier alpha value is -0.830. The van der Waals surface area contributed by atoms with Crippen LogP contribution in [-0.4, -0.2) is 25.2 Å². The maximum Gasteiger partial charge on any atom is 0.243 e. The van der Waals surface area contributed by atoms with Gasteiger partial charge in [-0.2, -0.15) is 0 Å². The molecule has 0 bridgehead atoms. The number of carbonyl (C=O) groups excluding carboxylic acids is 1. The summed E-state index contributed by atoms with van der Waals surface area (Å²) in [5, 5.41) is 2.74. The van der Waals surface area contributed by atoms with Gasteiger partial charge >= 0.3 is 0 Å². The van der Waals surface area contributed by atoms with E-state index in [2.05, 4.69) is 39.6 Å². The van der Waals surface area contributed by atoms with Gasteiger partial charge in [0, 0.05) is 13.2 Å². The van der Waals surface area contributed by atoms with Crippen LogP contribution in [0.5, 0.6) is 0 Å². The van der Waals surface area contributed by atoms with Crippen molar-refractivity contribution in [2.45, 2.75) is 53.1 Å². The van der Waals surface area contributed by atoms with Crippen molar-refractivity contribution >= 4 is 5.91 Å². The number of hydrogen-bond acceptors (Lipinski definition) is 2. The van der Waals surface area contributed by atoms with E-state index in [1.807, 2.05) is 0 Å². The fourth-order valence-corrected chi connectivity index (χ4v) is 1.61. The number of ether oxygens (including phenoxy) is 1. The van der Waals surface area contributed by atoms with E-state index < -0.39 is 0 Å². The van der Waals surface area contributed by atoms with Crippen LogP contribution in [0.15, 0.2) is 12.7 Å².